The van der Waals surface area contributed by atoms with E-state index >= 15 is 0 Å². The van der Waals surface area contributed by atoms with Gasteiger partial charge in [0.2, 0.25) is 17.7 Å². The first-order chi connectivity index (χ1) is 20.5. The average molecular weight is 584 g/mol. The standard InChI is InChI=1S/C33H50N4O5/c1-32(31(40)35-12-5-11-34,18-22-7-8-27(41-2)28(17-22)42-3)36-30(39)26-6-4-13-37(26)29(38)9-10-33-19-23-14-24(20-33)16-25(15-23)21-33/h7-8,17,23-26H,4-6,9-16,18-21,34H2,1-3H3,(H,35,40)(H,36,39)/t23?,24?,25?,26-,32-,33?/m0/s1/i26D. The highest BCUT2D eigenvalue weighted by molar-refractivity contribution is 5.94. The maximum Gasteiger partial charge on any atom is 0.245 e. The first-order valence-electron chi connectivity index (χ1n) is 16.4. The predicted octanol–water partition coefficient (Wildman–Crippen LogP) is 3.57. The van der Waals surface area contributed by atoms with E-state index in [1.165, 1.54) is 43.4 Å². The van der Waals surface area contributed by atoms with Crippen LogP contribution in [0.3, 0.4) is 0 Å². The van der Waals surface area contributed by atoms with Gasteiger partial charge in [-0.25, -0.2) is 0 Å². The number of carbonyl (C=O) groups excluding carboxylic acids is 3. The van der Waals surface area contributed by atoms with E-state index in [1.807, 2.05) is 6.07 Å². The lowest BCUT2D eigenvalue weighted by Gasteiger charge is -2.57. The van der Waals surface area contributed by atoms with Crippen molar-refractivity contribution >= 4 is 17.7 Å². The van der Waals surface area contributed by atoms with Crippen molar-refractivity contribution in [1.29, 1.82) is 0 Å². The smallest absolute Gasteiger partial charge is 0.245 e. The molecule has 5 aliphatic rings. The highest BCUT2D eigenvalue weighted by atomic mass is 16.5. The zero-order chi connectivity index (χ0) is 30.8. The minimum atomic E-state index is -1.76. The molecule has 42 heavy (non-hydrogen) atoms. The van der Waals surface area contributed by atoms with Crippen LogP contribution in [0, 0.1) is 23.2 Å². The van der Waals surface area contributed by atoms with E-state index in [0.717, 1.165) is 29.7 Å². The zero-order valence-corrected chi connectivity index (χ0v) is 25.6. The van der Waals surface area contributed by atoms with Gasteiger partial charge in [-0.05, 0) is 119 Å². The Morgan fingerprint density at radius 3 is 2.38 bits per heavy atom. The number of likely N-dealkylation sites (tertiary alicyclic amines) is 1. The van der Waals surface area contributed by atoms with Gasteiger partial charge in [0.1, 0.15) is 11.6 Å². The number of nitrogens with two attached hydrogens (primary N) is 1. The number of ether oxygens (including phenoxy) is 2. The summed E-state index contributed by atoms with van der Waals surface area (Å²) >= 11 is 0. The molecular formula is C33H50N4O5. The van der Waals surface area contributed by atoms with Crippen molar-refractivity contribution in [2.75, 3.05) is 33.9 Å². The molecule has 4 aliphatic carbocycles. The number of methoxy groups -OCH3 is 2. The topological polar surface area (TPSA) is 123 Å². The summed E-state index contributed by atoms with van der Waals surface area (Å²) in [7, 11) is 3.10. The van der Waals surface area contributed by atoms with Crippen LogP contribution in [-0.2, 0) is 20.8 Å². The molecule has 9 nitrogen and oxygen atoms in total. The van der Waals surface area contributed by atoms with Gasteiger partial charge in [0.05, 0.1) is 15.6 Å². The van der Waals surface area contributed by atoms with Gasteiger partial charge >= 0.3 is 0 Å². The van der Waals surface area contributed by atoms with Gasteiger partial charge in [-0.2, -0.15) is 0 Å². The van der Waals surface area contributed by atoms with Crippen LogP contribution in [0.2, 0.25) is 0 Å². The lowest BCUT2D eigenvalue weighted by molar-refractivity contribution is -0.142. The molecule has 1 aromatic rings. The zero-order valence-electron chi connectivity index (χ0n) is 26.6. The molecule has 1 aromatic carbocycles. The number of amides is 3. The summed E-state index contributed by atoms with van der Waals surface area (Å²) < 4.78 is 20.1. The van der Waals surface area contributed by atoms with Crippen LogP contribution in [0.4, 0.5) is 0 Å². The van der Waals surface area contributed by atoms with Crippen LogP contribution in [0.5, 0.6) is 11.5 Å². The second kappa shape index (κ2) is 12.8. The quantitative estimate of drug-likeness (QED) is 0.305. The Labute approximate surface area is 252 Å². The van der Waals surface area contributed by atoms with Crippen LogP contribution in [0.25, 0.3) is 0 Å². The summed E-state index contributed by atoms with van der Waals surface area (Å²) in [6, 6.07) is 3.61. The number of nitrogens with one attached hydrogen (secondary N) is 2. The minimum Gasteiger partial charge on any atom is -0.493 e. The molecule has 9 heteroatoms. The number of benzene rings is 1. The molecule has 4 bridgehead atoms. The fraction of sp³-hybridized carbons (Fsp3) is 0.727. The van der Waals surface area contributed by atoms with Crippen molar-refractivity contribution in [3.8, 4) is 11.5 Å². The summed E-state index contributed by atoms with van der Waals surface area (Å²) in [5.74, 6) is 2.40. The number of nitrogens with zero attached hydrogens (tertiary/aromatic N) is 1. The van der Waals surface area contributed by atoms with Crippen LogP contribution in [0.1, 0.15) is 84.5 Å². The summed E-state index contributed by atoms with van der Waals surface area (Å²) in [5, 5.41) is 5.81. The van der Waals surface area contributed by atoms with Crippen LogP contribution in [-0.4, -0.2) is 68.0 Å². The van der Waals surface area contributed by atoms with Gasteiger partial charge in [-0.3, -0.25) is 14.4 Å². The molecule has 2 atom stereocenters. The monoisotopic (exact) mass is 583 g/mol. The molecule has 0 aromatic heterocycles. The fourth-order valence-corrected chi connectivity index (χ4v) is 8.69. The number of hydrogen-bond donors (Lipinski definition) is 3. The van der Waals surface area contributed by atoms with Crippen LogP contribution >= 0.6 is 0 Å². The van der Waals surface area contributed by atoms with Gasteiger partial charge in [-0.1, -0.05) is 6.07 Å². The molecule has 3 amide bonds. The maximum absolute atomic E-state index is 13.9. The Kier molecular flexibility index (Phi) is 8.93. The molecule has 4 N–H and O–H groups in total. The Hall–Kier alpha value is -2.81. The van der Waals surface area contributed by atoms with Crippen molar-refractivity contribution in [1.82, 2.24) is 15.5 Å². The van der Waals surface area contributed by atoms with E-state index in [4.69, 9.17) is 15.2 Å². The van der Waals surface area contributed by atoms with Gasteiger partial charge in [0, 0.05) is 25.9 Å². The van der Waals surface area contributed by atoms with Gasteiger partial charge in [0.25, 0.3) is 0 Å². The fourth-order valence-electron chi connectivity index (χ4n) is 8.69. The van der Waals surface area contributed by atoms with Crippen molar-refractivity contribution in [2.45, 2.75) is 95.5 Å². The lowest BCUT2D eigenvalue weighted by atomic mass is 9.48. The maximum atomic E-state index is 13.9. The Morgan fingerprint density at radius 2 is 1.76 bits per heavy atom. The van der Waals surface area contributed by atoms with E-state index < -0.39 is 17.5 Å². The third-order valence-corrected chi connectivity index (χ3v) is 10.3. The van der Waals surface area contributed by atoms with Crippen LogP contribution in [0.15, 0.2) is 18.2 Å². The lowest BCUT2D eigenvalue weighted by Crippen LogP contribution is -2.61. The molecule has 232 valence electrons. The largest absolute Gasteiger partial charge is 0.493 e. The molecule has 4 saturated carbocycles. The van der Waals surface area contributed by atoms with Crippen LogP contribution < -0.4 is 25.8 Å². The van der Waals surface area contributed by atoms with Crippen molar-refractivity contribution in [2.24, 2.45) is 28.9 Å². The normalized spacial score (nSPS) is 31.3. The predicted molar refractivity (Wildman–Crippen MR) is 161 cm³/mol. The highest BCUT2D eigenvalue weighted by Crippen LogP contribution is 2.61. The average Bonchev–Trinajstić information content (AvgIpc) is 3.38. The minimum absolute atomic E-state index is 0.118. The summed E-state index contributed by atoms with van der Waals surface area (Å²) in [5.41, 5.74) is 5.26. The molecular weight excluding hydrogens is 532 g/mol. The van der Waals surface area contributed by atoms with E-state index in [9.17, 15) is 15.8 Å². The van der Waals surface area contributed by atoms with Gasteiger partial charge < -0.3 is 30.7 Å². The third kappa shape index (κ3) is 6.56. The van der Waals surface area contributed by atoms with E-state index in [2.05, 4.69) is 10.6 Å². The SMILES string of the molecule is [2H][C@@]1(C(=O)N[C@@](C)(Cc2ccc(OC)c(OC)c2)C(=O)NCCCN)CCCN1C(=O)CCC12CC3CC(CC(C3)C1)C2. The first kappa shape index (κ1) is 29.3. The van der Waals surface area contributed by atoms with Gasteiger partial charge in [0.15, 0.2) is 11.5 Å². The van der Waals surface area contributed by atoms with E-state index in [-0.39, 0.29) is 30.1 Å². The van der Waals surface area contributed by atoms with Crippen molar-refractivity contribution in [3.63, 3.8) is 0 Å². The first-order valence-corrected chi connectivity index (χ1v) is 15.9. The van der Waals surface area contributed by atoms with Crippen molar-refractivity contribution < 1.29 is 25.2 Å². The molecule has 1 heterocycles. The highest BCUT2D eigenvalue weighted by Gasteiger charge is 2.51. The second-order valence-electron chi connectivity index (χ2n) is 13.6. The molecule has 1 saturated heterocycles. The molecule has 5 fully saturated rings. The Morgan fingerprint density at radius 1 is 1.10 bits per heavy atom. The molecule has 6 rings (SSSR count). The molecule has 0 spiro atoms. The van der Waals surface area contributed by atoms with E-state index in [1.54, 1.807) is 33.3 Å². The molecule has 0 unspecified atom stereocenters. The third-order valence-electron chi connectivity index (χ3n) is 10.3. The summed E-state index contributed by atoms with van der Waals surface area (Å²) in [6.07, 6.45) is 10.6. The Bertz CT molecular complexity index is 1170. The summed E-state index contributed by atoms with van der Waals surface area (Å²) in [4.78, 5) is 42.6. The molecule has 0 radical (unpaired) electrons. The van der Waals surface area contributed by atoms with Gasteiger partial charge in [-0.15, -0.1) is 0 Å². The van der Waals surface area contributed by atoms with E-state index in [0.29, 0.717) is 50.4 Å². The number of hydrogen-bond acceptors (Lipinski definition) is 6. The summed E-state index contributed by atoms with van der Waals surface area (Å²) in [6.45, 7) is 2.84. The second-order valence-corrected chi connectivity index (χ2v) is 13.6. The van der Waals surface area contributed by atoms with Crippen molar-refractivity contribution in [3.05, 3.63) is 23.8 Å². The number of rotatable bonds is 13. The number of carbonyl (C=O) groups is 3. The molecule has 1 aliphatic heterocycles. The Balaban J connectivity index is 1.29.